The fourth-order valence-corrected chi connectivity index (χ4v) is 2.07. The van der Waals surface area contributed by atoms with Gasteiger partial charge < -0.3 is 9.47 Å². The minimum absolute atomic E-state index is 0.354. The van der Waals surface area contributed by atoms with Crippen molar-refractivity contribution in [3.63, 3.8) is 0 Å². The van der Waals surface area contributed by atoms with E-state index < -0.39 is 4.51 Å². The second-order valence-electron chi connectivity index (χ2n) is 3.99. The summed E-state index contributed by atoms with van der Waals surface area (Å²) in [5.41, 5.74) is 0. The van der Waals surface area contributed by atoms with E-state index in [0.29, 0.717) is 11.5 Å². The zero-order valence-corrected chi connectivity index (χ0v) is 11.9. The van der Waals surface area contributed by atoms with Gasteiger partial charge in [-0.2, -0.15) is 0 Å². The third-order valence-electron chi connectivity index (χ3n) is 2.12. The molecule has 0 aliphatic heterocycles. The van der Waals surface area contributed by atoms with Crippen LogP contribution >= 0.6 is 15.9 Å². The summed E-state index contributed by atoms with van der Waals surface area (Å²) in [6, 6.07) is 7.15. The molecule has 17 heavy (non-hydrogen) atoms. The average Bonchev–Trinajstić information content (AvgIpc) is 2.19. The number of esters is 1. The van der Waals surface area contributed by atoms with Crippen molar-refractivity contribution in [1.29, 1.82) is 0 Å². The summed E-state index contributed by atoms with van der Waals surface area (Å²) in [5, 5.41) is 0. The molecule has 0 bridgehead atoms. The Kier molecular flexibility index (Phi) is 5.00. The van der Waals surface area contributed by atoms with E-state index in [1.54, 1.807) is 18.2 Å². The van der Waals surface area contributed by atoms with Crippen molar-refractivity contribution in [2.24, 2.45) is 0 Å². The number of rotatable bonds is 5. The van der Waals surface area contributed by atoms with Crippen molar-refractivity contribution in [1.82, 2.24) is 0 Å². The van der Waals surface area contributed by atoms with Crippen molar-refractivity contribution in [3.8, 4) is 11.5 Å². The highest BCUT2D eigenvalue weighted by atomic mass is 79.9. The van der Waals surface area contributed by atoms with Gasteiger partial charge in [0.05, 0.1) is 0 Å². The lowest BCUT2D eigenvalue weighted by molar-refractivity contribution is -0.132. The number of hydrogen-bond acceptors (Lipinski definition) is 3. The Labute approximate surface area is 110 Å². The minimum Gasteiger partial charge on any atom is -0.472 e. The molecule has 94 valence electrons. The first-order chi connectivity index (χ1) is 7.94. The largest absolute Gasteiger partial charge is 0.472 e. The Balaban J connectivity index is 2.86. The van der Waals surface area contributed by atoms with E-state index in [-0.39, 0.29) is 5.97 Å². The molecular formula is C13H17BrO3. The van der Waals surface area contributed by atoms with Crippen molar-refractivity contribution in [3.05, 3.63) is 24.3 Å². The highest BCUT2D eigenvalue weighted by Crippen LogP contribution is 2.34. The lowest BCUT2D eigenvalue weighted by Gasteiger charge is -2.24. The maximum absolute atomic E-state index is 11.0. The monoisotopic (exact) mass is 300 g/mol. The molecule has 0 spiro atoms. The Hall–Kier alpha value is -1.03. The fourth-order valence-electron chi connectivity index (χ4n) is 1.50. The number of carbonyl (C=O) groups excluding carboxylic acids is 1. The van der Waals surface area contributed by atoms with E-state index >= 15 is 0 Å². The van der Waals surface area contributed by atoms with Gasteiger partial charge in [0.2, 0.25) is 0 Å². The van der Waals surface area contributed by atoms with Gasteiger partial charge in [-0.25, -0.2) is 0 Å². The third kappa shape index (κ3) is 4.77. The molecule has 4 heteroatoms. The Morgan fingerprint density at radius 1 is 1.35 bits per heavy atom. The van der Waals surface area contributed by atoms with Gasteiger partial charge in [0.15, 0.2) is 16.0 Å². The van der Waals surface area contributed by atoms with Crippen LogP contribution < -0.4 is 9.47 Å². The molecule has 0 aliphatic carbocycles. The number of ether oxygens (including phenoxy) is 2. The van der Waals surface area contributed by atoms with Crippen LogP contribution in [0.5, 0.6) is 11.5 Å². The second kappa shape index (κ2) is 6.05. The summed E-state index contributed by atoms with van der Waals surface area (Å²) >= 11 is 3.52. The number of alkyl halides is 1. The molecule has 0 radical (unpaired) electrons. The Morgan fingerprint density at radius 3 is 2.47 bits per heavy atom. The van der Waals surface area contributed by atoms with Gasteiger partial charge in [0.1, 0.15) is 0 Å². The molecule has 0 fully saturated rings. The van der Waals surface area contributed by atoms with E-state index in [4.69, 9.17) is 9.47 Å². The summed E-state index contributed by atoms with van der Waals surface area (Å²) in [6.45, 7) is 5.40. The molecule has 0 N–H and O–H groups in total. The Morgan fingerprint density at radius 2 is 1.94 bits per heavy atom. The summed E-state index contributed by atoms with van der Waals surface area (Å²) in [7, 11) is 0. The third-order valence-corrected chi connectivity index (χ3v) is 2.68. The van der Waals surface area contributed by atoms with Crippen LogP contribution in [0, 0.1) is 0 Å². The first-order valence-electron chi connectivity index (χ1n) is 5.60. The van der Waals surface area contributed by atoms with Crippen LogP contribution in [0.2, 0.25) is 0 Å². The normalized spacial score (nSPS) is 13.9. The van der Waals surface area contributed by atoms with Crippen LogP contribution in [-0.2, 0) is 4.79 Å². The molecule has 3 nitrogen and oxygen atoms in total. The van der Waals surface area contributed by atoms with E-state index in [1.165, 1.54) is 6.92 Å². The van der Waals surface area contributed by atoms with Crippen LogP contribution in [0.25, 0.3) is 0 Å². The van der Waals surface area contributed by atoms with E-state index in [0.717, 1.165) is 12.8 Å². The Bertz CT molecular complexity index is 388. The fraction of sp³-hybridized carbons (Fsp3) is 0.462. The standard InChI is InChI=1S/C13H17BrO3/c1-4-9-13(3,14)17-12-8-6-5-7-11(12)16-10(2)15/h5-8H,4,9H2,1-3H3. The van der Waals surface area contributed by atoms with Crippen LogP contribution in [0.3, 0.4) is 0 Å². The quantitative estimate of drug-likeness (QED) is 0.470. The van der Waals surface area contributed by atoms with Crippen molar-refractivity contribution in [2.45, 2.75) is 38.1 Å². The van der Waals surface area contributed by atoms with Crippen molar-refractivity contribution < 1.29 is 14.3 Å². The number of carbonyl (C=O) groups is 1. The lowest BCUT2D eigenvalue weighted by atomic mass is 10.2. The zero-order valence-electron chi connectivity index (χ0n) is 10.3. The first kappa shape index (κ1) is 14.0. The van der Waals surface area contributed by atoms with E-state index in [1.807, 2.05) is 13.0 Å². The summed E-state index contributed by atoms with van der Waals surface area (Å²) in [6.07, 6.45) is 1.86. The van der Waals surface area contributed by atoms with Gasteiger partial charge in [-0.05, 0) is 41.4 Å². The number of hydrogen-bond donors (Lipinski definition) is 0. The lowest BCUT2D eigenvalue weighted by Crippen LogP contribution is -2.24. The second-order valence-corrected chi connectivity index (χ2v) is 5.67. The molecule has 0 saturated carbocycles. The summed E-state index contributed by atoms with van der Waals surface area (Å²) in [5.74, 6) is 0.658. The van der Waals surface area contributed by atoms with E-state index in [2.05, 4.69) is 22.9 Å². The van der Waals surface area contributed by atoms with Gasteiger partial charge >= 0.3 is 5.97 Å². The molecular weight excluding hydrogens is 284 g/mol. The number of benzene rings is 1. The molecule has 0 aromatic heterocycles. The van der Waals surface area contributed by atoms with Gasteiger partial charge in [-0.1, -0.05) is 25.5 Å². The van der Waals surface area contributed by atoms with Crippen LogP contribution in [-0.4, -0.2) is 10.5 Å². The molecule has 0 aliphatic rings. The summed E-state index contributed by atoms with van der Waals surface area (Å²) in [4.78, 5) is 11.0. The van der Waals surface area contributed by atoms with Gasteiger partial charge in [-0.3, -0.25) is 4.79 Å². The average molecular weight is 301 g/mol. The maximum atomic E-state index is 11.0. The van der Waals surface area contributed by atoms with Gasteiger partial charge in [0, 0.05) is 6.92 Å². The maximum Gasteiger partial charge on any atom is 0.308 e. The zero-order chi connectivity index (χ0) is 12.9. The molecule has 0 heterocycles. The van der Waals surface area contributed by atoms with Crippen LogP contribution in [0.15, 0.2) is 24.3 Å². The van der Waals surface area contributed by atoms with E-state index in [9.17, 15) is 4.79 Å². The predicted octanol–water partition coefficient (Wildman–Crippen LogP) is 3.90. The molecule has 1 atom stereocenters. The summed E-state index contributed by atoms with van der Waals surface area (Å²) < 4.78 is 10.5. The molecule has 1 rings (SSSR count). The highest BCUT2D eigenvalue weighted by Gasteiger charge is 2.22. The van der Waals surface area contributed by atoms with Gasteiger partial charge in [-0.15, -0.1) is 0 Å². The van der Waals surface area contributed by atoms with Crippen LogP contribution in [0.1, 0.15) is 33.6 Å². The first-order valence-corrected chi connectivity index (χ1v) is 6.39. The predicted molar refractivity (Wildman–Crippen MR) is 70.6 cm³/mol. The molecule has 1 unspecified atom stereocenters. The molecule has 1 aromatic carbocycles. The van der Waals surface area contributed by atoms with Gasteiger partial charge in [0.25, 0.3) is 0 Å². The number of para-hydroxylation sites is 2. The SMILES string of the molecule is CCCC(C)(Br)Oc1ccccc1OC(C)=O. The molecule has 0 saturated heterocycles. The van der Waals surface area contributed by atoms with Crippen molar-refractivity contribution in [2.75, 3.05) is 0 Å². The van der Waals surface area contributed by atoms with Crippen LogP contribution in [0.4, 0.5) is 0 Å². The topological polar surface area (TPSA) is 35.5 Å². The van der Waals surface area contributed by atoms with Crippen molar-refractivity contribution >= 4 is 21.9 Å². The smallest absolute Gasteiger partial charge is 0.308 e. The molecule has 1 aromatic rings. The minimum atomic E-state index is -0.446. The molecule has 0 amide bonds. The highest BCUT2D eigenvalue weighted by molar-refractivity contribution is 9.10. The number of halogens is 1.